The SMILES string of the molecule is CCC(=O)c1ccc(C=C(CNC(=O)OCC2c3ccccc3-c3ccccc32)B2OC(C)(C)C(C)(C)O2)cc1. The van der Waals surface area contributed by atoms with E-state index in [1.165, 1.54) is 22.3 Å². The quantitative estimate of drug-likeness (QED) is 0.252. The number of Topliss-reactive ketones (excluding diaryl/α,β-unsaturated/α-hetero) is 1. The van der Waals surface area contributed by atoms with E-state index in [9.17, 15) is 9.59 Å². The van der Waals surface area contributed by atoms with Gasteiger partial charge >= 0.3 is 13.2 Å². The van der Waals surface area contributed by atoms with E-state index in [0.717, 1.165) is 11.0 Å². The molecule has 1 aliphatic heterocycles. The Labute approximate surface area is 236 Å². The van der Waals surface area contributed by atoms with Crippen LogP contribution in [0.1, 0.15) is 74.0 Å². The normalized spacial score (nSPS) is 17.3. The van der Waals surface area contributed by atoms with Crippen LogP contribution in [0.15, 0.2) is 78.3 Å². The molecule has 0 saturated carbocycles. The lowest BCUT2D eigenvalue weighted by Crippen LogP contribution is -2.41. The summed E-state index contributed by atoms with van der Waals surface area (Å²) in [5, 5.41) is 2.90. The number of carbonyl (C=O) groups excluding carboxylic acids is 2. The van der Waals surface area contributed by atoms with Crippen molar-refractivity contribution in [1.82, 2.24) is 5.32 Å². The number of nitrogens with one attached hydrogen (secondary N) is 1. The second-order valence-electron chi connectivity index (χ2n) is 11.4. The van der Waals surface area contributed by atoms with Gasteiger partial charge in [0.15, 0.2) is 5.78 Å². The van der Waals surface area contributed by atoms with Crippen molar-refractivity contribution in [3.8, 4) is 11.1 Å². The van der Waals surface area contributed by atoms with E-state index in [1.807, 2.05) is 89.2 Å². The summed E-state index contributed by atoms with van der Waals surface area (Å²) in [6, 6.07) is 23.9. The number of hydrogen-bond donors (Lipinski definition) is 1. The zero-order valence-electron chi connectivity index (χ0n) is 23.8. The molecule has 7 heteroatoms. The van der Waals surface area contributed by atoms with Crippen LogP contribution in [-0.4, -0.2) is 43.3 Å². The summed E-state index contributed by atoms with van der Waals surface area (Å²) in [6.45, 7) is 10.2. The van der Waals surface area contributed by atoms with Crippen molar-refractivity contribution in [1.29, 1.82) is 0 Å². The molecule has 0 aromatic heterocycles. The summed E-state index contributed by atoms with van der Waals surface area (Å²) in [7, 11) is -0.643. The van der Waals surface area contributed by atoms with Crippen molar-refractivity contribution in [2.24, 2.45) is 0 Å². The van der Waals surface area contributed by atoms with Crippen molar-refractivity contribution >= 4 is 25.1 Å². The van der Waals surface area contributed by atoms with Crippen LogP contribution < -0.4 is 5.32 Å². The Morgan fingerprint density at radius 1 is 0.875 bits per heavy atom. The molecule has 0 spiro atoms. The first-order chi connectivity index (χ1) is 19.1. The number of ketones is 1. The molecule has 40 heavy (non-hydrogen) atoms. The van der Waals surface area contributed by atoms with Gasteiger partial charge in [-0.25, -0.2) is 4.79 Å². The highest BCUT2D eigenvalue weighted by Crippen LogP contribution is 2.44. The molecular formula is C33H36BNO5. The summed E-state index contributed by atoms with van der Waals surface area (Å²) >= 11 is 0. The number of ether oxygens (including phenoxy) is 1. The number of carbonyl (C=O) groups is 2. The van der Waals surface area contributed by atoms with E-state index in [2.05, 4.69) is 29.6 Å². The van der Waals surface area contributed by atoms with Crippen molar-refractivity contribution < 1.29 is 23.6 Å². The Bertz CT molecular complexity index is 1380. The van der Waals surface area contributed by atoms with Crippen LogP contribution >= 0.6 is 0 Å². The molecule has 0 bridgehead atoms. The molecule has 3 aromatic rings. The van der Waals surface area contributed by atoms with Crippen molar-refractivity contribution in [2.75, 3.05) is 13.2 Å². The molecule has 1 aliphatic carbocycles. The number of alkyl carbamates (subject to hydrolysis) is 1. The van der Waals surface area contributed by atoms with Crippen LogP contribution in [0.2, 0.25) is 0 Å². The summed E-state index contributed by atoms with van der Waals surface area (Å²) in [6.07, 6.45) is 1.89. The first-order valence-electron chi connectivity index (χ1n) is 13.9. The minimum atomic E-state index is -0.643. The molecule has 5 rings (SSSR count). The van der Waals surface area contributed by atoms with Crippen molar-refractivity contribution in [3.05, 3.63) is 101 Å². The fraction of sp³-hybridized carbons (Fsp3) is 0.333. The van der Waals surface area contributed by atoms with Gasteiger partial charge in [-0.2, -0.15) is 0 Å². The molecule has 1 N–H and O–H groups in total. The average molecular weight is 537 g/mol. The summed E-state index contributed by atoms with van der Waals surface area (Å²) < 4.78 is 18.3. The lowest BCUT2D eigenvalue weighted by molar-refractivity contribution is 0.00578. The molecule has 1 amide bonds. The fourth-order valence-corrected chi connectivity index (χ4v) is 5.20. The third kappa shape index (κ3) is 5.49. The zero-order valence-corrected chi connectivity index (χ0v) is 23.8. The minimum Gasteiger partial charge on any atom is -0.449 e. The number of amides is 1. The smallest absolute Gasteiger partial charge is 0.449 e. The average Bonchev–Trinajstić information content (AvgIpc) is 3.38. The van der Waals surface area contributed by atoms with E-state index in [-0.39, 0.29) is 24.9 Å². The van der Waals surface area contributed by atoms with Gasteiger partial charge in [0.05, 0.1) is 11.2 Å². The van der Waals surface area contributed by atoms with Gasteiger partial charge in [0.2, 0.25) is 0 Å². The molecule has 6 nitrogen and oxygen atoms in total. The maximum atomic E-state index is 12.9. The topological polar surface area (TPSA) is 73.9 Å². The minimum absolute atomic E-state index is 0.0133. The second kappa shape index (κ2) is 11.1. The number of hydrogen-bond acceptors (Lipinski definition) is 5. The van der Waals surface area contributed by atoms with E-state index < -0.39 is 24.4 Å². The molecule has 0 radical (unpaired) electrons. The largest absolute Gasteiger partial charge is 0.492 e. The van der Waals surface area contributed by atoms with Gasteiger partial charge in [-0.05, 0) is 61.0 Å². The summed E-state index contributed by atoms with van der Waals surface area (Å²) in [4.78, 5) is 25.0. The number of fused-ring (bicyclic) bond motifs is 3. The molecule has 3 aromatic carbocycles. The maximum absolute atomic E-state index is 12.9. The van der Waals surface area contributed by atoms with Crippen LogP contribution in [-0.2, 0) is 14.0 Å². The first-order valence-corrected chi connectivity index (χ1v) is 13.9. The maximum Gasteiger partial charge on any atom is 0.492 e. The van der Waals surface area contributed by atoms with Crippen molar-refractivity contribution in [2.45, 2.75) is 58.2 Å². The van der Waals surface area contributed by atoms with Gasteiger partial charge < -0.3 is 19.4 Å². The van der Waals surface area contributed by atoms with Gasteiger partial charge in [0.1, 0.15) is 6.61 Å². The van der Waals surface area contributed by atoms with E-state index in [1.54, 1.807) is 0 Å². The fourth-order valence-electron chi connectivity index (χ4n) is 5.20. The Morgan fingerprint density at radius 2 is 1.43 bits per heavy atom. The third-order valence-corrected chi connectivity index (χ3v) is 8.24. The molecule has 1 heterocycles. The molecule has 2 aliphatic rings. The highest BCUT2D eigenvalue weighted by Gasteiger charge is 2.52. The lowest BCUT2D eigenvalue weighted by Gasteiger charge is -2.32. The molecular weight excluding hydrogens is 501 g/mol. The zero-order chi connectivity index (χ0) is 28.5. The van der Waals surface area contributed by atoms with Crippen molar-refractivity contribution in [3.63, 3.8) is 0 Å². The molecule has 0 unspecified atom stereocenters. The Kier molecular flexibility index (Phi) is 7.71. The van der Waals surface area contributed by atoms with Gasteiger partial charge in [-0.15, -0.1) is 0 Å². The van der Waals surface area contributed by atoms with Crippen LogP contribution in [0.25, 0.3) is 17.2 Å². The summed E-state index contributed by atoms with van der Waals surface area (Å²) in [5.41, 5.74) is 5.95. The third-order valence-electron chi connectivity index (χ3n) is 8.24. The van der Waals surface area contributed by atoms with Crippen LogP contribution in [0, 0.1) is 0 Å². The molecule has 0 atom stereocenters. The number of rotatable bonds is 8. The Balaban J connectivity index is 1.30. The monoisotopic (exact) mass is 537 g/mol. The van der Waals surface area contributed by atoms with Gasteiger partial charge in [-0.3, -0.25) is 4.79 Å². The predicted octanol–water partition coefficient (Wildman–Crippen LogP) is 6.83. The van der Waals surface area contributed by atoms with Gasteiger partial charge in [0.25, 0.3) is 0 Å². The highest BCUT2D eigenvalue weighted by molar-refractivity contribution is 6.56. The van der Waals surface area contributed by atoms with E-state index in [4.69, 9.17) is 14.0 Å². The Morgan fingerprint density at radius 3 is 1.98 bits per heavy atom. The molecule has 1 saturated heterocycles. The summed E-state index contributed by atoms with van der Waals surface area (Å²) in [5.74, 6) is 0.0826. The van der Waals surface area contributed by atoms with Crippen LogP contribution in [0.3, 0.4) is 0 Å². The standard InChI is InChI=1S/C33H36BNO5/c1-6-30(36)23-17-15-22(16-18-23)19-24(34-39-32(2,3)33(4,5)40-34)20-35-31(37)38-21-29-27-13-9-7-11-25(27)26-12-8-10-14-28(26)29/h7-19,29H,6,20-21H2,1-5H3,(H,35,37). The van der Waals surface area contributed by atoms with E-state index >= 15 is 0 Å². The highest BCUT2D eigenvalue weighted by atomic mass is 16.7. The number of benzene rings is 3. The molecule has 206 valence electrons. The van der Waals surface area contributed by atoms with Gasteiger partial charge in [-0.1, -0.05) is 85.8 Å². The van der Waals surface area contributed by atoms with Crippen LogP contribution in [0.4, 0.5) is 4.79 Å². The lowest BCUT2D eigenvalue weighted by atomic mass is 9.77. The second-order valence-corrected chi connectivity index (χ2v) is 11.4. The predicted molar refractivity (Wildman–Crippen MR) is 158 cm³/mol. The van der Waals surface area contributed by atoms with Crippen LogP contribution in [0.5, 0.6) is 0 Å². The van der Waals surface area contributed by atoms with E-state index in [0.29, 0.717) is 12.0 Å². The Hall–Kier alpha value is -3.68. The first kappa shape index (κ1) is 27.9. The molecule has 1 fully saturated rings. The van der Waals surface area contributed by atoms with Gasteiger partial charge in [0, 0.05) is 24.4 Å².